The van der Waals surface area contributed by atoms with E-state index >= 15 is 0 Å². The summed E-state index contributed by atoms with van der Waals surface area (Å²) in [6, 6.07) is 8.47. The molecule has 1 aliphatic heterocycles. The number of amides is 1. The van der Waals surface area contributed by atoms with Crippen LogP contribution in [0.5, 0.6) is 5.75 Å². The third kappa shape index (κ3) is 6.73. The Morgan fingerprint density at radius 3 is 2.14 bits per heavy atom. The Morgan fingerprint density at radius 1 is 0.865 bits per heavy atom. The lowest BCUT2D eigenvalue weighted by atomic mass is 9.96. The lowest BCUT2D eigenvalue weighted by Crippen LogP contribution is -2.66. The Morgan fingerprint density at radius 2 is 1.51 bits per heavy atom. The SMILES string of the molecule is CC(=O)N[C@@H]1[C@H](OC(=O)c2ccc3ccccc3c2O)O[C@@H](COC(C)=O)[C@@H](OC(C)=O)[C@@H]1OC(C)=O. The van der Waals surface area contributed by atoms with Crippen LogP contribution in [0.25, 0.3) is 10.8 Å². The van der Waals surface area contributed by atoms with Crippen molar-refractivity contribution in [1.82, 2.24) is 5.32 Å². The molecule has 0 radical (unpaired) electrons. The molecule has 0 spiro atoms. The number of hydrogen-bond donors (Lipinski definition) is 2. The second-order valence-electron chi connectivity index (χ2n) is 8.31. The molecule has 0 aromatic heterocycles. The third-order valence-electron chi connectivity index (χ3n) is 5.41. The molecular weight excluding hydrogens is 490 g/mol. The van der Waals surface area contributed by atoms with E-state index in [9.17, 15) is 29.1 Å². The molecule has 0 aliphatic carbocycles. The molecule has 1 amide bonds. The van der Waals surface area contributed by atoms with E-state index in [4.69, 9.17) is 23.7 Å². The van der Waals surface area contributed by atoms with Crippen LogP contribution in [0.4, 0.5) is 0 Å². The number of carbonyl (C=O) groups excluding carboxylic acids is 5. The van der Waals surface area contributed by atoms with Crippen molar-refractivity contribution in [2.45, 2.75) is 58.3 Å². The predicted molar refractivity (Wildman–Crippen MR) is 125 cm³/mol. The number of nitrogens with one attached hydrogen (secondary N) is 1. The number of phenols is 1. The van der Waals surface area contributed by atoms with Gasteiger partial charge in [0.05, 0.1) is 0 Å². The van der Waals surface area contributed by atoms with E-state index in [2.05, 4.69) is 5.32 Å². The van der Waals surface area contributed by atoms with E-state index in [1.807, 2.05) is 0 Å². The van der Waals surface area contributed by atoms with Crippen LogP contribution >= 0.6 is 0 Å². The first-order valence-corrected chi connectivity index (χ1v) is 11.3. The standard InChI is InChI=1S/C25H27NO11/c1-12(27)26-20-23(35-15(4)30)22(34-14(3)29)19(11-33-13(2)28)36-25(20)37-24(32)18-10-9-16-7-5-6-8-17(16)21(18)31/h5-10,19-20,22-23,25,31H,11H2,1-4H3,(H,26,27)/t19-,20-,22+,23+,25-/m0/s1. The number of aromatic hydroxyl groups is 1. The highest BCUT2D eigenvalue weighted by atomic mass is 16.7. The molecule has 37 heavy (non-hydrogen) atoms. The molecule has 2 N–H and O–H groups in total. The van der Waals surface area contributed by atoms with Crippen LogP contribution in [-0.2, 0) is 42.9 Å². The molecule has 1 aliphatic rings. The Hall–Kier alpha value is -4.19. The Bertz CT molecular complexity index is 1210. The molecule has 5 atom stereocenters. The van der Waals surface area contributed by atoms with Gasteiger partial charge >= 0.3 is 23.9 Å². The van der Waals surface area contributed by atoms with Gasteiger partial charge < -0.3 is 34.1 Å². The molecule has 2 aromatic carbocycles. The smallest absolute Gasteiger partial charge is 0.344 e. The van der Waals surface area contributed by atoms with E-state index in [1.54, 1.807) is 30.3 Å². The van der Waals surface area contributed by atoms with Crippen LogP contribution < -0.4 is 5.32 Å². The van der Waals surface area contributed by atoms with Gasteiger partial charge in [0.15, 0.2) is 12.2 Å². The van der Waals surface area contributed by atoms with Gasteiger partial charge in [-0.25, -0.2) is 4.79 Å². The van der Waals surface area contributed by atoms with Crippen molar-refractivity contribution in [1.29, 1.82) is 0 Å². The van der Waals surface area contributed by atoms with Crippen molar-refractivity contribution in [3.05, 3.63) is 42.0 Å². The lowest BCUT2D eigenvalue weighted by Gasteiger charge is -2.44. The topological polar surface area (TPSA) is 164 Å². The maximum atomic E-state index is 13.1. The average molecular weight is 517 g/mol. The second kappa shape index (κ2) is 11.7. The fourth-order valence-corrected chi connectivity index (χ4v) is 3.98. The van der Waals surface area contributed by atoms with Crippen LogP contribution in [-0.4, -0.2) is 72.1 Å². The normalized spacial score (nSPS) is 23.0. The summed E-state index contributed by atoms with van der Waals surface area (Å²) in [6.07, 6.45) is -5.56. The van der Waals surface area contributed by atoms with Gasteiger partial charge in [-0.15, -0.1) is 0 Å². The van der Waals surface area contributed by atoms with Crippen LogP contribution in [0.15, 0.2) is 36.4 Å². The number of esters is 4. The highest BCUT2D eigenvalue weighted by molar-refractivity contribution is 6.01. The molecule has 0 bridgehead atoms. The average Bonchev–Trinajstić information content (AvgIpc) is 2.81. The van der Waals surface area contributed by atoms with Crippen molar-refractivity contribution >= 4 is 40.6 Å². The molecule has 1 fully saturated rings. The summed E-state index contributed by atoms with van der Waals surface area (Å²) in [4.78, 5) is 60.3. The van der Waals surface area contributed by atoms with Crippen LogP contribution in [0.3, 0.4) is 0 Å². The molecule has 198 valence electrons. The van der Waals surface area contributed by atoms with Gasteiger partial charge in [-0.05, 0) is 11.5 Å². The number of fused-ring (bicyclic) bond motifs is 1. The summed E-state index contributed by atoms with van der Waals surface area (Å²) < 4.78 is 27.0. The molecule has 1 saturated heterocycles. The number of hydrogen-bond acceptors (Lipinski definition) is 11. The van der Waals surface area contributed by atoms with Crippen LogP contribution in [0.2, 0.25) is 0 Å². The largest absolute Gasteiger partial charge is 0.506 e. The van der Waals surface area contributed by atoms with Gasteiger partial charge in [-0.3, -0.25) is 19.2 Å². The van der Waals surface area contributed by atoms with E-state index < -0.39 is 67.0 Å². The zero-order valence-corrected chi connectivity index (χ0v) is 20.6. The first-order chi connectivity index (χ1) is 17.5. The number of rotatable bonds is 7. The highest BCUT2D eigenvalue weighted by Crippen LogP contribution is 2.32. The van der Waals surface area contributed by atoms with Crippen LogP contribution in [0, 0.1) is 0 Å². The Labute approximate surface area is 211 Å². The minimum absolute atomic E-state index is 0.188. The molecular formula is C25H27NO11. The van der Waals surface area contributed by atoms with Crippen molar-refractivity contribution in [3.63, 3.8) is 0 Å². The predicted octanol–water partition coefficient (Wildman–Crippen LogP) is 1.36. The lowest BCUT2D eigenvalue weighted by molar-refractivity contribution is -0.263. The summed E-state index contributed by atoms with van der Waals surface area (Å²) in [5.74, 6) is -4.17. The third-order valence-corrected chi connectivity index (χ3v) is 5.41. The van der Waals surface area contributed by atoms with E-state index in [0.717, 1.165) is 20.8 Å². The van der Waals surface area contributed by atoms with Crippen LogP contribution in [0.1, 0.15) is 38.1 Å². The molecule has 0 unspecified atom stereocenters. The molecule has 12 nitrogen and oxygen atoms in total. The van der Waals surface area contributed by atoms with E-state index in [0.29, 0.717) is 10.8 Å². The summed E-state index contributed by atoms with van der Waals surface area (Å²) in [5.41, 5.74) is -0.188. The summed E-state index contributed by atoms with van der Waals surface area (Å²) in [5, 5.41) is 14.3. The van der Waals surface area contributed by atoms with Gasteiger partial charge in [-0.1, -0.05) is 30.3 Å². The quantitative estimate of drug-likeness (QED) is 0.402. The Balaban J connectivity index is 2.00. The minimum atomic E-state index is -1.60. The fraction of sp³-hybridized carbons (Fsp3) is 0.400. The van der Waals surface area contributed by atoms with Crippen molar-refractivity contribution in [3.8, 4) is 5.75 Å². The van der Waals surface area contributed by atoms with Gasteiger partial charge in [0, 0.05) is 33.1 Å². The fourth-order valence-electron chi connectivity index (χ4n) is 3.98. The summed E-state index contributed by atoms with van der Waals surface area (Å²) in [7, 11) is 0. The second-order valence-corrected chi connectivity index (χ2v) is 8.31. The molecule has 3 rings (SSSR count). The number of ether oxygens (including phenoxy) is 5. The van der Waals surface area contributed by atoms with Crippen molar-refractivity contribution < 1.29 is 52.8 Å². The van der Waals surface area contributed by atoms with Crippen molar-refractivity contribution in [2.75, 3.05) is 6.61 Å². The van der Waals surface area contributed by atoms with E-state index in [1.165, 1.54) is 13.0 Å². The zero-order valence-electron chi connectivity index (χ0n) is 20.6. The maximum Gasteiger partial charge on any atom is 0.344 e. The number of phenolic OH excluding ortho intramolecular Hbond substituents is 1. The van der Waals surface area contributed by atoms with Gasteiger partial charge in [-0.2, -0.15) is 0 Å². The number of benzene rings is 2. The Kier molecular flexibility index (Phi) is 8.66. The van der Waals surface area contributed by atoms with E-state index in [-0.39, 0.29) is 11.3 Å². The summed E-state index contributed by atoms with van der Waals surface area (Å²) >= 11 is 0. The van der Waals surface area contributed by atoms with Gasteiger partial charge in [0.1, 0.15) is 30.1 Å². The number of carbonyl (C=O) groups is 5. The molecule has 2 aromatic rings. The summed E-state index contributed by atoms with van der Waals surface area (Å²) in [6.45, 7) is 4.07. The molecule has 1 heterocycles. The first-order valence-electron chi connectivity index (χ1n) is 11.3. The first kappa shape index (κ1) is 27.4. The van der Waals surface area contributed by atoms with Gasteiger partial charge in [0.2, 0.25) is 12.2 Å². The minimum Gasteiger partial charge on any atom is -0.506 e. The van der Waals surface area contributed by atoms with Crippen molar-refractivity contribution in [2.24, 2.45) is 0 Å². The highest BCUT2D eigenvalue weighted by Gasteiger charge is 2.52. The molecule has 0 saturated carbocycles. The van der Waals surface area contributed by atoms with Gasteiger partial charge in [0.25, 0.3) is 0 Å². The zero-order chi connectivity index (χ0) is 27.3. The monoisotopic (exact) mass is 517 g/mol. The maximum absolute atomic E-state index is 13.1. The molecule has 12 heteroatoms.